The summed E-state index contributed by atoms with van der Waals surface area (Å²) in [6.45, 7) is 4.15. The van der Waals surface area contributed by atoms with Crippen LogP contribution < -0.4 is 0 Å². The van der Waals surface area contributed by atoms with E-state index in [9.17, 15) is 19.5 Å². The Kier molecular flexibility index (Phi) is 3.58. The molecule has 0 aromatic carbocycles. The van der Waals surface area contributed by atoms with Gasteiger partial charge in [0.05, 0.1) is 6.61 Å². The second kappa shape index (κ2) is 5.23. The molecular weight excluding hydrogens is 304 g/mol. The predicted octanol–water partition coefficient (Wildman–Crippen LogP) is 2.56. The minimum atomic E-state index is -0.418. The molecule has 4 heteroatoms. The Morgan fingerprint density at radius 3 is 2.46 bits per heavy atom. The van der Waals surface area contributed by atoms with Crippen LogP contribution in [0.1, 0.15) is 58.8 Å². The molecule has 0 aliphatic heterocycles. The summed E-state index contributed by atoms with van der Waals surface area (Å²) in [4.78, 5) is 37.8. The molecule has 0 spiro atoms. The van der Waals surface area contributed by atoms with Crippen LogP contribution in [0.4, 0.5) is 0 Å². The van der Waals surface area contributed by atoms with Gasteiger partial charge in [0.15, 0.2) is 0 Å². The molecule has 4 aliphatic rings. The van der Waals surface area contributed by atoms with Gasteiger partial charge in [-0.15, -0.1) is 0 Å². The molecule has 0 amide bonds. The minimum Gasteiger partial charge on any atom is -0.396 e. The third-order valence-corrected chi connectivity index (χ3v) is 8.44. The van der Waals surface area contributed by atoms with Gasteiger partial charge >= 0.3 is 0 Å². The molecule has 4 aliphatic carbocycles. The molecule has 4 rings (SSSR count). The van der Waals surface area contributed by atoms with Gasteiger partial charge in [0.25, 0.3) is 0 Å². The smallest absolute Gasteiger partial charge is 0.142 e. The zero-order chi connectivity index (χ0) is 17.3. The highest BCUT2D eigenvalue weighted by Crippen LogP contribution is 2.65. The Bertz CT molecular complexity index is 611. The van der Waals surface area contributed by atoms with E-state index in [1.54, 1.807) is 0 Å². The summed E-state index contributed by atoms with van der Waals surface area (Å²) in [5.41, 5.74) is -0.392. The Balaban J connectivity index is 1.77. The molecule has 0 aromatic heterocycles. The Hall–Kier alpha value is -1.03. The molecule has 24 heavy (non-hydrogen) atoms. The summed E-state index contributed by atoms with van der Waals surface area (Å²) in [5, 5.41) is 9.95. The number of hydrogen-bond donors (Lipinski definition) is 1. The molecule has 1 N–H and O–H groups in total. The Morgan fingerprint density at radius 2 is 1.75 bits per heavy atom. The number of aliphatic hydroxyl groups excluding tert-OH is 1. The quantitative estimate of drug-likeness (QED) is 0.801. The summed E-state index contributed by atoms with van der Waals surface area (Å²) in [6, 6.07) is 0. The van der Waals surface area contributed by atoms with Crippen LogP contribution in [-0.2, 0) is 14.4 Å². The largest absolute Gasteiger partial charge is 0.396 e. The number of carbonyl (C=O) groups excluding carboxylic acids is 3. The number of fused-ring (bicyclic) bond motifs is 5. The van der Waals surface area contributed by atoms with E-state index in [1.165, 1.54) is 0 Å². The second-order valence-electron chi connectivity index (χ2n) is 9.20. The summed E-state index contributed by atoms with van der Waals surface area (Å²) < 4.78 is 0. The molecule has 0 heterocycles. The summed E-state index contributed by atoms with van der Waals surface area (Å²) in [5.74, 6) is 0.587. The van der Waals surface area contributed by atoms with Gasteiger partial charge in [0.2, 0.25) is 0 Å². The number of Topliss-reactive ketones (excluding diaryl/α,β-unsaturated/α-hetero) is 3. The first-order valence-corrected chi connectivity index (χ1v) is 9.52. The summed E-state index contributed by atoms with van der Waals surface area (Å²) >= 11 is 0. The van der Waals surface area contributed by atoms with Gasteiger partial charge in [0, 0.05) is 36.5 Å². The lowest BCUT2D eigenvalue weighted by atomic mass is 9.43. The van der Waals surface area contributed by atoms with Gasteiger partial charge in [-0.1, -0.05) is 13.8 Å². The van der Waals surface area contributed by atoms with Gasteiger partial charge in [-0.3, -0.25) is 14.4 Å². The molecule has 4 saturated carbocycles. The molecule has 4 nitrogen and oxygen atoms in total. The SMILES string of the molecule is C[C@]12CCC(=O)CC1C(CO)C(=O)[C@@H]1[C@H]2CC[C@]2(C)C(=O)CC[C@@H]12. The summed E-state index contributed by atoms with van der Waals surface area (Å²) in [7, 11) is 0. The van der Waals surface area contributed by atoms with Crippen molar-refractivity contribution in [1.29, 1.82) is 0 Å². The fourth-order valence-corrected chi connectivity index (χ4v) is 6.95. The lowest BCUT2D eigenvalue weighted by Gasteiger charge is -2.60. The van der Waals surface area contributed by atoms with Crippen LogP contribution in [0.15, 0.2) is 0 Å². The number of aliphatic hydroxyl groups is 1. The molecular formula is C20H28O4. The van der Waals surface area contributed by atoms with E-state index < -0.39 is 5.92 Å². The van der Waals surface area contributed by atoms with E-state index >= 15 is 0 Å². The van der Waals surface area contributed by atoms with Crippen LogP contribution in [0, 0.1) is 40.4 Å². The average molecular weight is 332 g/mol. The van der Waals surface area contributed by atoms with Crippen LogP contribution in [0.3, 0.4) is 0 Å². The highest BCUT2D eigenvalue weighted by molar-refractivity contribution is 5.92. The summed E-state index contributed by atoms with van der Waals surface area (Å²) in [6.07, 6.45) is 5.08. The van der Waals surface area contributed by atoms with Crippen molar-refractivity contribution in [2.75, 3.05) is 6.61 Å². The van der Waals surface area contributed by atoms with Crippen LogP contribution in [0.5, 0.6) is 0 Å². The van der Waals surface area contributed by atoms with E-state index in [4.69, 9.17) is 0 Å². The van der Waals surface area contributed by atoms with Crippen LogP contribution in [-0.4, -0.2) is 29.1 Å². The fourth-order valence-electron chi connectivity index (χ4n) is 6.95. The maximum absolute atomic E-state index is 13.3. The zero-order valence-electron chi connectivity index (χ0n) is 14.7. The predicted molar refractivity (Wildman–Crippen MR) is 88.1 cm³/mol. The lowest BCUT2D eigenvalue weighted by Crippen LogP contribution is -2.61. The topological polar surface area (TPSA) is 71.4 Å². The molecule has 0 aromatic rings. The van der Waals surface area contributed by atoms with Gasteiger partial charge in [-0.2, -0.15) is 0 Å². The van der Waals surface area contributed by atoms with E-state index in [2.05, 4.69) is 13.8 Å². The standard InChI is InChI=1S/C20H28O4/c1-19-7-5-11(22)9-15(19)12(10-21)18(24)17-13-3-4-16(23)20(13,2)8-6-14(17)19/h12-15,17,21H,3-10H2,1-2H3/t12?,13-,14+,15?,17-,19+,20-/m0/s1. The first-order valence-electron chi connectivity index (χ1n) is 9.52. The number of carbonyl (C=O) groups is 3. The van der Waals surface area contributed by atoms with Crippen molar-refractivity contribution in [1.82, 2.24) is 0 Å². The molecule has 0 bridgehead atoms. The number of hydrogen-bond acceptors (Lipinski definition) is 4. The molecule has 7 atom stereocenters. The van der Waals surface area contributed by atoms with E-state index in [1.807, 2.05) is 0 Å². The first-order chi connectivity index (χ1) is 11.3. The van der Waals surface area contributed by atoms with E-state index in [-0.39, 0.29) is 52.7 Å². The first kappa shape index (κ1) is 16.4. The highest BCUT2D eigenvalue weighted by Gasteiger charge is 2.65. The molecule has 2 unspecified atom stereocenters. The third-order valence-electron chi connectivity index (χ3n) is 8.44. The number of ketones is 3. The molecule has 0 radical (unpaired) electrons. The maximum atomic E-state index is 13.3. The van der Waals surface area contributed by atoms with Crippen molar-refractivity contribution >= 4 is 17.3 Å². The third kappa shape index (κ3) is 1.92. The van der Waals surface area contributed by atoms with Crippen LogP contribution in [0.25, 0.3) is 0 Å². The van der Waals surface area contributed by atoms with Crippen molar-refractivity contribution in [3.63, 3.8) is 0 Å². The average Bonchev–Trinajstić information content (AvgIpc) is 2.85. The fraction of sp³-hybridized carbons (Fsp3) is 0.850. The van der Waals surface area contributed by atoms with Crippen LogP contribution >= 0.6 is 0 Å². The number of rotatable bonds is 1. The Labute approximate surface area is 143 Å². The normalized spacial score (nSPS) is 51.1. The van der Waals surface area contributed by atoms with Gasteiger partial charge in [-0.25, -0.2) is 0 Å². The lowest BCUT2D eigenvalue weighted by molar-refractivity contribution is -0.170. The monoisotopic (exact) mass is 332 g/mol. The zero-order valence-corrected chi connectivity index (χ0v) is 14.7. The van der Waals surface area contributed by atoms with Gasteiger partial charge < -0.3 is 5.11 Å². The van der Waals surface area contributed by atoms with E-state index in [0.29, 0.717) is 25.0 Å². The maximum Gasteiger partial charge on any atom is 0.142 e. The highest BCUT2D eigenvalue weighted by atomic mass is 16.3. The minimum absolute atomic E-state index is 0.0149. The van der Waals surface area contributed by atoms with Crippen molar-refractivity contribution < 1.29 is 19.5 Å². The van der Waals surface area contributed by atoms with Gasteiger partial charge in [-0.05, 0) is 48.9 Å². The Morgan fingerprint density at radius 1 is 1.00 bits per heavy atom. The van der Waals surface area contributed by atoms with Crippen molar-refractivity contribution in [3.05, 3.63) is 0 Å². The van der Waals surface area contributed by atoms with Crippen molar-refractivity contribution in [2.45, 2.75) is 58.8 Å². The molecule has 4 fully saturated rings. The van der Waals surface area contributed by atoms with Crippen molar-refractivity contribution in [3.8, 4) is 0 Å². The van der Waals surface area contributed by atoms with E-state index in [0.717, 1.165) is 25.7 Å². The van der Waals surface area contributed by atoms with Crippen molar-refractivity contribution in [2.24, 2.45) is 40.4 Å². The van der Waals surface area contributed by atoms with Gasteiger partial charge in [0.1, 0.15) is 17.3 Å². The second-order valence-corrected chi connectivity index (χ2v) is 9.20. The molecule has 132 valence electrons. The van der Waals surface area contributed by atoms with Crippen LogP contribution in [0.2, 0.25) is 0 Å². The molecule has 0 saturated heterocycles.